The first kappa shape index (κ1) is 16.7. The van der Waals surface area contributed by atoms with Crippen molar-refractivity contribution in [2.45, 2.75) is 6.92 Å². The predicted octanol–water partition coefficient (Wildman–Crippen LogP) is 2.05. The quantitative estimate of drug-likeness (QED) is 0.865. The third kappa shape index (κ3) is 4.50. The standard InChI is InChI=1S/C12H17FN2O2.ClH/c1-8(7-14-2)12(16)15-10-5-4-9(13)6-11(10)17-3;/h4-6,8,14H,7H2,1-3H3,(H,15,16);1H. The summed E-state index contributed by atoms with van der Waals surface area (Å²) in [7, 11) is 3.21. The van der Waals surface area contributed by atoms with E-state index in [-0.39, 0.29) is 24.2 Å². The maximum absolute atomic E-state index is 12.9. The molecule has 1 amide bonds. The van der Waals surface area contributed by atoms with Gasteiger partial charge in [-0.05, 0) is 19.2 Å². The van der Waals surface area contributed by atoms with Crippen molar-refractivity contribution in [1.29, 1.82) is 0 Å². The van der Waals surface area contributed by atoms with Gasteiger partial charge in [0, 0.05) is 18.5 Å². The second kappa shape index (κ2) is 7.89. The van der Waals surface area contributed by atoms with Gasteiger partial charge in [-0.25, -0.2) is 4.39 Å². The lowest BCUT2D eigenvalue weighted by atomic mass is 10.1. The first-order valence-electron chi connectivity index (χ1n) is 5.37. The van der Waals surface area contributed by atoms with Gasteiger partial charge < -0.3 is 15.4 Å². The van der Waals surface area contributed by atoms with E-state index in [2.05, 4.69) is 10.6 Å². The van der Waals surface area contributed by atoms with Crippen molar-refractivity contribution in [2.24, 2.45) is 5.92 Å². The fourth-order valence-electron chi connectivity index (χ4n) is 1.42. The molecule has 0 saturated carbocycles. The SMILES string of the molecule is CNCC(C)C(=O)Nc1ccc(F)cc1OC.Cl. The Morgan fingerprint density at radius 2 is 2.17 bits per heavy atom. The number of methoxy groups -OCH3 is 1. The number of halogens is 2. The second-order valence-corrected chi connectivity index (χ2v) is 3.79. The fraction of sp³-hybridized carbons (Fsp3) is 0.417. The number of carbonyl (C=O) groups excluding carboxylic acids is 1. The molecule has 0 bridgehead atoms. The maximum atomic E-state index is 12.9. The average molecular weight is 277 g/mol. The van der Waals surface area contributed by atoms with E-state index in [0.717, 1.165) is 0 Å². The van der Waals surface area contributed by atoms with Crippen LogP contribution in [0.2, 0.25) is 0 Å². The van der Waals surface area contributed by atoms with Crippen LogP contribution < -0.4 is 15.4 Å². The molecular formula is C12H18ClFN2O2. The van der Waals surface area contributed by atoms with Gasteiger partial charge in [0.15, 0.2) is 0 Å². The van der Waals surface area contributed by atoms with E-state index in [9.17, 15) is 9.18 Å². The highest BCUT2D eigenvalue weighted by Gasteiger charge is 2.14. The van der Waals surface area contributed by atoms with Crippen molar-refractivity contribution in [3.8, 4) is 5.75 Å². The van der Waals surface area contributed by atoms with E-state index < -0.39 is 5.82 Å². The fourth-order valence-corrected chi connectivity index (χ4v) is 1.42. The van der Waals surface area contributed by atoms with E-state index in [1.807, 2.05) is 6.92 Å². The summed E-state index contributed by atoms with van der Waals surface area (Å²) in [5, 5.41) is 5.62. The molecule has 0 radical (unpaired) electrons. The van der Waals surface area contributed by atoms with Crippen molar-refractivity contribution in [2.75, 3.05) is 26.0 Å². The Labute approximate surface area is 112 Å². The van der Waals surface area contributed by atoms with Gasteiger partial charge in [0.1, 0.15) is 11.6 Å². The minimum absolute atomic E-state index is 0. The Balaban J connectivity index is 0.00000289. The van der Waals surface area contributed by atoms with Gasteiger partial charge in [0.05, 0.1) is 12.8 Å². The molecule has 1 rings (SSSR count). The van der Waals surface area contributed by atoms with Crippen LogP contribution >= 0.6 is 12.4 Å². The highest BCUT2D eigenvalue weighted by molar-refractivity contribution is 5.93. The first-order chi connectivity index (χ1) is 8.08. The second-order valence-electron chi connectivity index (χ2n) is 3.79. The van der Waals surface area contributed by atoms with Gasteiger partial charge in [0.25, 0.3) is 0 Å². The Bertz CT molecular complexity index is 402. The molecule has 102 valence electrons. The summed E-state index contributed by atoms with van der Waals surface area (Å²) < 4.78 is 17.9. The van der Waals surface area contributed by atoms with Crippen LogP contribution in [0.25, 0.3) is 0 Å². The van der Waals surface area contributed by atoms with Crippen molar-refractivity contribution in [3.05, 3.63) is 24.0 Å². The van der Waals surface area contributed by atoms with E-state index >= 15 is 0 Å². The van der Waals surface area contributed by atoms with E-state index in [0.29, 0.717) is 18.0 Å². The van der Waals surface area contributed by atoms with Crippen LogP contribution in [-0.4, -0.2) is 26.6 Å². The lowest BCUT2D eigenvalue weighted by molar-refractivity contribution is -0.119. The minimum atomic E-state index is -0.400. The molecule has 6 heteroatoms. The number of anilines is 1. The third-order valence-corrected chi connectivity index (χ3v) is 2.38. The smallest absolute Gasteiger partial charge is 0.228 e. The van der Waals surface area contributed by atoms with Crippen molar-refractivity contribution in [1.82, 2.24) is 5.32 Å². The van der Waals surface area contributed by atoms with Crippen LogP contribution in [0.15, 0.2) is 18.2 Å². The zero-order chi connectivity index (χ0) is 12.8. The van der Waals surface area contributed by atoms with Crippen LogP contribution in [0.3, 0.4) is 0 Å². The van der Waals surface area contributed by atoms with Crippen LogP contribution in [0.5, 0.6) is 5.75 Å². The molecular weight excluding hydrogens is 259 g/mol. The molecule has 0 heterocycles. The molecule has 0 aliphatic carbocycles. The summed E-state index contributed by atoms with van der Waals surface area (Å²) in [5.74, 6) is -0.392. The van der Waals surface area contributed by atoms with Crippen LogP contribution in [0.1, 0.15) is 6.92 Å². The summed E-state index contributed by atoms with van der Waals surface area (Å²) >= 11 is 0. The molecule has 0 spiro atoms. The molecule has 1 aromatic carbocycles. The number of nitrogens with one attached hydrogen (secondary N) is 2. The molecule has 2 N–H and O–H groups in total. The van der Waals surface area contributed by atoms with Crippen LogP contribution in [0, 0.1) is 11.7 Å². The number of rotatable bonds is 5. The lowest BCUT2D eigenvalue weighted by Crippen LogP contribution is -2.28. The molecule has 1 aromatic rings. The maximum Gasteiger partial charge on any atom is 0.228 e. The summed E-state index contributed by atoms with van der Waals surface area (Å²) in [6, 6.07) is 4.00. The monoisotopic (exact) mass is 276 g/mol. The number of amides is 1. The summed E-state index contributed by atoms with van der Waals surface area (Å²) in [6.07, 6.45) is 0. The molecule has 1 unspecified atom stereocenters. The zero-order valence-corrected chi connectivity index (χ0v) is 11.4. The molecule has 0 aliphatic heterocycles. The Hall–Kier alpha value is -1.33. The molecule has 0 aliphatic rings. The van der Waals surface area contributed by atoms with E-state index in [1.165, 1.54) is 25.3 Å². The molecule has 0 saturated heterocycles. The van der Waals surface area contributed by atoms with Crippen molar-refractivity contribution in [3.63, 3.8) is 0 Å². The van der Waals surface area contributed by atoms with Gasteiger partial charge in [-0.3, -0.25) is 4.79 Å². The van der Waals surface area contributed by atoms with Gasteiger partial charge in [0.2, 0.25) is 5.91 Å². The highest BCUT2D eigenvalue weighted by atomic mass is 35.5. The van der Waals surface area contributed by atoms with Crippen molar-refractivity contribution >= 4 is 24.0 Å². The largest absolute Gasteiger partial charge is 0.494 e. The lowest BCUT2D eigenvalue weighted by Gasteiger charge is -2.14. The zero-order valence-electron chi connectivity index (χ0n) is 10.6. The Morgan fingerprint density at radius 1 is 1.50 bits per heavy atom. The third-order valence-electron chi connectivity index (χ3n) is 2.38. The molecule has 18 heavy (non-hydrogen) atoms. The Morgan fingerprint density at radius 3 is 2.72 bits per heavy atom. The van der Waals surface area contributed by atoms with Gasteiger partial charge in [-0.15, -0.1) is 12.4 Å². The summed E-state index contributed by atoms with van der Waals surface area (Å²) in [5.41, 5.74) is 0.474. The predicted molar refractivity (Wildman–Crippen MR) is 71.9 cm³/mol. The topological polar surface area (TPSA) is 50.4 Å². The number of ether oxygens (including phenoxy) is 1. The summed E-state index contributed by atoms with van der Waals surface area (Å²) in [6.45, 7) is 2.39. The highest BCUT2D eigenvalue weighted by Crippen LogP contribution is 2.25. The van der Waals surface area contributed by atoms with Crippen LogP contribution in [0.4, 0.5) is 10.1 Å². The van der Waals surface area contributed by atoms with Crippen molar-refractivity contribution < 1.29 is 13.9 Å². The summed E-state index contributed by atoms with van der Waals surface area (Å²) in [4.78, 5) is 11.8. The number of benzene rings is 1. The van der Waals surface area contributed by atoms with Gasteiger partial charge in [-0.1, -0.05) is 6.92 Å². The van der Waals surface area contributed by atoms with Gasteiger partial charge in [-0.2, -0.15) is 0 Å². The number of carbonyl (C=O) groups is 1. The number of hydrogen-bond acceptors (Lipinski definition) is 3. The minimum Gasteiger partial charge on any atom is -0.494 e. The van der Waals surface area contributed by atoms with E-state index in [4.69, 9.17) is 4.74 Å². The average Bonchev–Trinajstić information content (AvgIpc) is 2.31. The number of hydrogen-bond donors (Lipinski definition) is 2. The van der Waals surface area contributed by atoms with Gasteiger partial charge >= 0.3 is 0 Å². The van der Waals surface area contributed by atoms with Crippen LogP contribution in [-0.2, 0) is 4.79 Å². The molecule has 1 atom stereocenters. The molecule has 0 fully saturated rings. The molecule has 0 aromatic heterocycles. The Kier molecular flexibility index (Phi) is 7.31. The normalized spacial score (nSPS) is 11.3. The first-order valence-corrected chi connectivity index (χ1v) is 5.37. The molecule has 4 nitrogen and oxygen atoms in total. The van der Waals surface area contributed by atoms with E-state index in [1.54, 1.807) is 7.05 Å².